The maximum Gasteiger partial charge on any atom is 0.0937 e. The molecule has 0 atom stereocenters. The largest absolute Gasteiger partial charge is 0.385 e. The third kappa shape index (κ3) is 3.19. The smallest absolute Gasteiger partial charge is 0.0937 e. The van der Waals surface area contributed by atoms with E-state index in [2.05, 4.69) is 39.7 Å². The summed E-state index contributed by atoms with van der Waals surface area (Å²) in [6.45, 7) is 12.1. The molecular weight excluding hydrogens is 236 g/mol. The molecule has 2 rings (SSSR count). The number of hydrogen-bond donors (Lipinski definition) is 1. The molecular formula is C16H28N2O. The topological polar surface area (TPSA) is 38.0 Å². The number of aromatic nitrogens is 2. The third-order valence-corrected chi connectivity index (χ3v) is 4.12. The minimum atomic E-state index is -0.725. The van der Waals surface area contributed by atoms with Gasteiger partial charge in [-0.2, -0.15) is 5.10 Å². The molecule has 108 valence electrons. The van der Waals surface area contributed by atoms with Crippen LogP contribution in [0.2, 0.25) is 0 Å². The van der Waals surface area contributed by atoms with Gasteiger partial charge in [0.05, 0.1) is 11.8 Å². The van der Waals surface area contributed by atoms with Crippen LogP contribution in [0.1, 0.15) is 65.9 Å². The quantitative estimate of drug-likeness (QED) is 0.903. The fourth-order valence-electron chi connectivity index (χ4n) is 4.23. The van der Waals surface area contributed by atoms with E-state index in [0.29, 0.717) is 0 Å². The molecule has 1 aromatic rings. The predicted molar refractivity (Wildman–Crippen MR) is 77.8 cm³/mol. The molecule has 1 aliphatic rings. The van der Waals surface area contributed by atoms with Crippen LogP contribution in [0.25, 0.3) is 0 Å². The van der Waals surface area contributed by atoms with E-state index in [-0.39, 0.29) is 10.8 Å². The van der Waals surface area contributed by atoms with Gasteiger partial charge in [0, 0.05) is 18.3 Å². The molecule has 1 fully saturated rings. The lowest BCUT2D eigenvalue weighted by molar-refractivity contribution is -0.0913. The monoisotopic (exact) mass is 264 g/mol. The second-order valence-electron chi connectivity index (χ2n) is 7.88. The van der Waals surface area contributed by atoms with Gasteiger partial charge in [0.15, 0.2) is 0 Å². The Balaban J connectivity index is 2.29. The Labute approximate surface area is 117 Å². The fraction of sp³-hybridized carbons (Fsp3) is 0.812. The molecule has 0 spiro atoms. The summed E-state index contributed by atoms with van der Waals surface area (Å²) in [4.78, 5) is 0. The predicted octanol–water partition coefficient (Wildman–Crippen LogP) is 3.72. The average Bonchev–Trinajstić information content (AvgIpc) is 2.61. The maximum absolute atomic E-state index is 11.1. The first-order chi connectivity index (χ1) is 8.66. The minimum Gasteiger partial charge on any atom is -0.385 e. The van der Waals surface area contributed by atoms with Crippen LogP contribution in [0.3, 0.4) is 0 Å². The molecule has 0 radical (unpaired) electrons. The molecule has 1 saturated carbocycles. The second-order valence-corrected chi connectivity index (χ2v) is 7.88. The van der Waals surface area contributed by atoms with Crippen molar-refractivity contribution in [1.82, 2.24) is 9.78 Å². The van der Waals surface area contributed by atoms with Gasteiger partial charge in [0.2, 0.25) is 0 Å². The summed E-state index contributed by atoms with van der Waals surface area (Å²) in [5.74, 6) is 0. The van der Waals surface area contributed by atoms with Crippen molar-refractivity contribution in [1.29, 1.82) is 0 Å². The van der Waals surface area contributed by atoms with Crippen LogP contribution in [-0.2, 0) is 12.1 Å². The van der Waals surface area contributed by atoms with Gasteiger partial charge in [0.25, 0.3) is 0 Å². The standard InChI is InChI=1S/C16H28N2O/c1-6-7-18-9-13(8-17-18)16(19)11-14(2,3)10-15(4,5)12-16/h8-9,19H,6-7,10-12H2,1-5H3. The number of aryl methyl sites for hydroxylation is 1. The van der Waals surface area contributed by atoms with Crippen LogP contribution in [0.15, 0.2) is 12.4 Å². The molecule has 0 amide bonds. The average molecular weight is 264 g/mol. The van der Waals surface area contributed by atoms with Crippen molar-refractivity contribution < 1.29 is 5.11 Å². The zero-order valence-corrected chi connectivity index (χ0v) is 13.0. The van der Waals surface area contributed by atoms with Gasteiger partial charge in [-0.1, -0.05) is 34.6 Å². The van der Waals surface area contributed by atoms with Crippen LogP contribution in [0.5, 0.6) is 0 Å². The Morgan fingerprint density at radius 1 is 1.16 bits per heavy atom. The van der Waals surface area contributed by atoms with Gasteiger partial charge in [-0.05, 0) is 36.5 Å². The van der Waals surface area contributed by atoms with Gasteiger partial charge >= 0.3 is 0 Å². The van der Waals surface area contributed by atoms with Crippen LogP contribution < -0.4 is 0 Å². The highest BCUT2D eigenvalue weighted by molar-refractivity contribution is 5.19. The van der Waals surface area contributed by atoms with E-state index in [1.54, 1.807) is 0 Å². The molecule has 1 heterocycles. The molecule has 0 aromatic carbocycles. The first kappa shape index (κ1) is 14.6. The van der Waals surface area contributed by atoms with Crippen LogP contribution in [0.4, 0.5) is 0 Å². The van der Waals surface area contributed by atoms with E-state index in [9.17, 15) is 5.11 Å². The molecule has 3 heteroatoms. The number of nitrogens with zero attached hydrogens (tertiary/aromatic N) is 2. The Hall–Kier alpha value is -0.830. The van der Waals surface area contributed by atoms with Crippen LogP contribution in [0, 0.1) is 10.8 Å². The summed E-state index contributed by atoms with van der Waals surface area (Å²) in [5.41, 5.74) is 0.603. The summed E-state index contributed by atoms with van der Waals surface area (Å²) in [7, 11) is 0. The Kier molecular flexibility index (Phi) is 3.54. The second kappa shape index (κ2) is 4.62. The Bertz CT molecular complexity index is 429. The third-order valence-electron chi connectivity index (χ3n) is 4.12. The summed E-state index contributed by atoms with van der Waals surface area (Å²) in [6.07, 6.45) is 7.75. The zero-order valence-electron chi connectivity index (χ0n) is 13.0. The van der Waals surface area contributed by atoms with E-state index < -0.39 is 5.60 Å². The fourth-order valence-corrected chi connectivity index (χ4v) is 4.23. The van der Waals surface area contributed by atoms with E-state index in [1.165, 1.54) is 0 Å². The van der Waals surface area contributed by atoms with Gasteiger partial charge in [0.1, 0.15) is 0 Å². The lowest BCUT2D eigenvalue weighted by Crippen LogP contribution is -2.44. The van der Waals surface area contributed by atoms with Crippen molar-refractivity contribution in [3.8, 4) is 0 Å². The van der Waals surface area contributed by atoms with Crippen molar-refractivity contribution >= 4 is 0 Å². The van der Waals surface area contributed by atoms with Crippen molar-refractivity contribution in [2.45, 2.75) is 72.4 Å². The molecule has 19 heavy (non-hydrogen) atoms. The van der Waals surface area contributed by atoms with Crippen molar-refractivity contribution in [3.05, 3.63) is 18.0 Å². The van der Waals surface area contributed by atoms with E-state index >= 15 is 0 Å². The summed E-state index contributed by atoms with van der Waals surface area (Å²) in [6, 6.07) is 0. The minimum absolute atomic E-state index is 0.170. The molecule has 0 unspecified atom stereocenters. The van der Waals surface area contributed by atoms with Crippen LogP contribution >= 0.6 is 0 Å². The van der Waals surface area contributed by atoms with Gasteiger partial charge in [-0.3, -0.25) is 4.68 Å². The molecule has 1 aliphatic carbocycles. The summed E-state index contributed by atoms with van der Waals surface area (Å²) in [5, 5.41) is 15.5. The van der Waals surface area contributed by atoms with Crippen molar-refractivity contribution in [2.75, 3.05) is 0 Å². The van der Waals surface area contributed by atoms with Gasteiger partial charge in [-0.25, -0.2) is 0 Å². The molecule has 1 N–H and O–H groups in total. The van der Waals surface area contributed by atoms with Crippen molar-refractivity contribution in [3.63, 3.8) is 0 Å². The van der Waals surface area contributed by atoms with E-state index in [0.717, 1.165) is 37.8 Å². The molecule has 0 aliphatic heterocycles. The highest BCUT2D eigenvalue weighted by atomic mass is 16.3. The first-order valence-electron chi connectivity index (χ1n) is 7.41. The first-order valence-corrected chi connectivity index (χ1v) is 7.41. The number of rotatable bonds is 3. The number of hydrogen-bond acceptors (Lipinski definition) is 2. The van der Waals surface area contributed by atoms with Gasteiger partial charge in [-0.15, -0.1) is 0 Å². The maximum atomic E-state index is 11.1. The zero-order chi connectivity index (χ0) is 14.3. The molecule has 3 nitrogen and oxygen atoms in total. The molecule has 1 aromatic heterocycles. The Morgan fingerprint density at radius 3 is 2.26 bits per heavy atom. The van der Waals surface area contributed by atoms with E-state index in [1.807, 2.05) is 17.1 Å². The lowest BCUT2D eigenvalue weighted by atomic mass is 9.58. The molecule has 0 saturated heterocycles. The highest BCUT2D eigenvalue weighted by Crippen LogP contribution is 2.53. The normalized spacial score (nSPS) is 24.3. The highest BCUT2D eigenvalue weighted by Gasteiger charge is 2.47. The summed E-state index contributed by atoms with van der Waals surface area (Å²) < 4.78 is 1.95. The summed E-state index contributed by atoms with van der Waals surface area (Å²) >= 11 is 0. The van der Waals surface area contributed by atoms with E-state index in [4.69, 9.17) is 0 Å². The molecule has 0 bridgehead atoms. The Morgan fingerprint density at radius 2 is 1.74 bits per heavy atom. The lowest BCUT2D eigenvalue weighted by Gasteiger charge is -2.49. The van der Waals surface area contributed by atoms with Crippen LogP contribution in [-0.4, -0.2) is 14.9 Å². The number of aliphatic hydroxyl groups is 1. The van der Waals surface area contributed by atoms with Crippen molar-refractivity contribution in [2.24, 2.45) is 10.8 Å². The SMILES string of the molecule is CCCn1cc(C2(O)CC(C)(C)CC(C)(C)C2)cn1. The van der Waals surface area contributed by atoms with Gasteiger partial charge < -0.3 is 5.11 Å².